The quantitative estimate of drug-likeness (QED) is 0.590. The number of hydrogen-bond acceptors (Lipinski definition) is 4. The van der Waals surface area contributed by atoms with Gasteiger partial charge in [0, 0.05) is 27.8 Å². The molecule has 1 atom stereocenters. The molecule has 0 radical (unpaired) electrons. The van der Waals surface area contributed by atoms with Gasteiger partial charge in [-0.2, -0.15) is 49.6 Å². The van der Waals surface area contributed by atoms with Crippen molar-refractivity contribution < 1.29 is 0 Å². The van der Waals surface area contributed by atoms with E-state index in [4.69, 9.17) is 0 Å². The predicted octanol–water partition coefficient (Wildman–Crippen LogP) is 2.27. The maximum Gasteiger partial charge on any atom is 0.0226 e. The van der Waals surface area contributed by atoms with Crippen molar-refractivity contribution in [1.82, 2.24) is 0 Å². The second-order valence-electron chi connectivity index (χ2n) is 2.12. The van der Waals surface area contributed by atoms with Crippen LogP contribution < -0.4 is 0 Å². The van der Waals surface area contributed by atoms with E-state index in [-0.39, 0.29) is 0 Å². The molecule has 0 aromatic heterocycles. The molecule has 62 valence electrons. The van der Waals surface area contributed by atoms with Crippen molar-refractivity contribution in [2.45, 2.75) is 17.4 Å². The van der Waals surface area contributed by atoms with Gasteiger partial charge in [-0.05, 0) is 0 Å². The molecule has 0 aliphatic heterocycles. The number of thiol groups is 3. The van der Waals surface area contributed by atoms with Gasteiger partial charge in [-0.15, -0.1) is 0 Å². The summed E-state index contributed by atoms with van der Waals surface area (Å²) < 4.78 is 0. The van der Waals surface area contributed by atoms with Crippen LogP contribution in [0.4, 0.5) is 0 Å². The van der Waals surface area contributed by atoms with E-state index in [1.54, 1.807) is 0 Å². The minimum Gasteiger partial charge on any atom is -0.178 e. The van der Waals surface area contributed by atoms with Crippen molar-refractivity contribution in [2.75, 3.05) is 17.3 Å². The first-order chi connectivity index (χ1) is 4.74. The van der Waals surface area contributed by atoms with Crippen LogP contribution in [0, 0.1) is 0 Å². The minimum absolute atomic E-state index is 0.578. The first-order valence-corrected chi connectivity index (χ1v) is 6.06. The lowest BCUT2D eigenvalue weighted by molar-refractivity contribution is 1.08. The third-order valence-corrected chi connectivity index (χ3v) is 4.61. The van der Waals surface area contributed by atoms with Crippen LogP contribution in [0.3, 0.4) is 0 Å². The van der Waals surface area contributed by atoms with E-state index in [0.29, 0.717) is 10.5 Å². The number of thioether (sulfide) groups is 1. The average Bonchev–Trinajstić information content (AvgIpc) is 1.99. The van der Waals surface area contributed by atoms with Gasteiger partial charge in [-0.3, -0.25) is 0 Å². The highest BCUT2D eigenvalue weighted by atomic mass is 32.2. The summed E-state index contributed by atoms with van der Waals surface area (Å²) in [5.41, 5.74) is 0. The molecule has 0 spiro atoms. The lowest BCUT2D eigenvalue weighted by Crippen LogP contribution is -2.12. The second kappa shape index (κ2) is 7.07. The van der Waals surface area contributed by atoms with E-state index < -0.39 is 0 Å². The molecular weight excluding hydrogens is 200 g/mol. The fourth-order valence-electron chi connectivity index (χ4n) is 0.515. The van der Waals surface area contributed by atoms with Crippen molar-refractivity contribution in [3.05, 3.63) is 0 Å². The van der Waals surface area contributed by atoms with E-state index in [0.717, 1.165) is 17.3 Å². The molecule has 0 aliphatic rings. The highest BCUT2D eigenvalue weighted by Crippen LogP contribution is 2.20. The molecule has 10 heavy (non-hydrogen) atoms. The van der Waals surface area contributed by atoms with E-state index in [1.807, 2.05) is 11.8 Å². The molecule has 0 saturated carbocycles. The van der Waals surface area contributed by atoms with Crippen molar-refractivity contribution in [3.63, 3.8) is 0 Å². The van der Waals surface area contributed by atoms with Crippen LogP contribution >= 0.6 is 49.6 Å². The topological polar surface area (TPSA) is 0 Å². The Morgan fingerprint density at radius 3 is 1.90 bits per heavy atom. The molecule has 0 fully saturated rings. The van der Waals surface area contributed by atoms with Gasteiger partial charge >= 0.3 is 0 Å². The zero-order valence-corrected chi connectivity index (χ0v) is 9.53. The zero-order valence-electron chi connectivity index (χ0n) is 6.03. The first kappa shape index (κ1) is 11.4. The molecule has 0 rings (SSSR count). The van der Waals surface area contributed by atoms with Crippen LogP contribution in [0.15, 0.2) is 0 Å². The third-order valence-electron chi connectivity index (χ3n) is 1.09. The van der Waals surface area contributed by atoms with Gasteiger partial charge in [0.05, 0.1) is 0 Å². The normalized spacial score (nSPS) is 14.1. The summed E-state index contributed by atoms with van der Waals surface area (Å²) >= 11 is 14.5. The molecule has 0 N–H and O–H groups in total. The summed E-state index contributed by atoms with van der Waals surface area (Å²) in [4.78, 5) is 0. The van der Waals surface area contributed by atoms with Gasteiger partial charge in [-0.1, -0.05) is 6.92 Å². The summed E-state index contributed by atoms with van der Waals surface area (Å²) in [5, 5.41) is 1.20. The monoisotopic (exact) mass is 214 g/mol. The molecule has 0 aromatic carbocycles. The molecule has 0 saturated heterocycles. The van der Waals surface area contributed by atoms with E-state index in [9.17, 15) is 0 Å². The largest absolute Gasteiger partial charge is 0.178 e. The Balaban J connectivity index is 3.41. The number of rotatable bonds is 5. The van der Waals surface area contributed by atoms with Gasteiger partial charge in [0.1, 0.15) is 0 Å². The molecule has 0 bridgehead atoms. The van der Waals surface area contributed by atoms with Crippen molar-refractivity contribution >= 4 is 49.6 Å². The zero-order chi connectivity index (χ0) is 7.98. The van der Waals surface area contributed by atoms with Gasteiger partial charge in [0.2, 0.25) is 0 Å². The lowest BCUT2D eigenvalue weighted by Gasteiger charge is -2.14. The van der Waals surface area contributed by atoms with Gasteiger partial charge in [0.15, 0.2) is 0 Å². The Kier molecular flexibility index (Phi) is 8.06. The summed E-state index contributed by atoms with van der Waals surface area (Å²) in [6, 6.07) is 0. The smallest absolute Gasteiger partial charge is 0.0226 e. The van der Waals surface area contributed by atoms with Crippen LogP contribution in [-0.2, 0) is 0 Å². The second-order valence-corrected chi connectivity index (χ2v) is 4.96. The van der Waals surface area contributed by atoms with Crippen molar-refractivity contribution in [2.24, 2.45) is 0 Å². The molecular formula is C6H14S4. The lowest BCUT2D eigenvalue weighted by atomic mass is 10.5. The molecule has 0 aromatic rings. The Hall–Kier alpha value is 1.40. The first-order valence-electron chi connectivity index (χ1n) is 3.22. The van der Waals surface area contributed by atoms with Gasteiger partial charge in [0.25, 0.3) is 0 Å². The SMILES string of the molecule is CC(CS)SC(CS)CS. The maximum atomic E-state index is 4.21. The molecule has 4 heteroatoms. The van der Waals surface area contributed by atoms with Gasteiger partial charge < -0.3 is 0 Å². The summed E-state index contributed by atoms with van der Waals surface area (Å²) in [7, 11) is 0. The summed E-state index contributed by atoms with van der Waals surface area (Å²) in [6.45, 7) is 2.18. The molecule has 0 nitrogen and oxygen atoms in total. The summed E-state index contributed by atoms with van der Waals surface area (Å²) in [6.07, 6.45) is 0. The Morgan fingerprint density at radius 1 is 1.10 bits per heavy atom. The standard InChI is InChI=1S/C6H14S4/c1-5(2-7)10-6(3-8)4-9/h5-9H,2-4H2,1H3. The Labute approximate surface area is 84.2 Å². The predicted molar refractivity (Wildman–Crippen MR) is 62.4 cm³/mol. The van der Waals surface area contributed by atoms with E-state index in [2.05, 4.69) is 44.8 Å². The fourth-order valence-corrected chi connectivity index (χ4v) is 2.67. The fraction of sp³-hybridized carbons (Fsp3) is 1.00. The van der Waals surface area contributed by atoms with Crippen LogP contribution in [0.1, 0.15) is 6.92 Å². The Morgan fingerprint density at radius 2 is 1.60 bits per heavy atom. The van der Waals surface area contributed by atoms with Crippen molar-refractivity contribution in [3.8, 4) is 0 Å². The molecule has 0 heterocycles. The van der Waals surface area contributed by atoms with E-state index >= 15 is 0 Å². The minimum atomic E-state index is 0.578. The van der Waals surface area contributed by atoms with Gasteiger partial charge in [-0.25, -0.2) is 0 Å². The highest BCUT2D eigenvalue weighted by Gasteiger charge is 2.08. The van der Waals surface area contributed by atoms with Crippen LogP contribution in [0.2, 0.25) is 0 Å². The number of hydrogen-bond donors (Lipinski definition) is 3. The maximum absolute atomic E-state index is 4.21. The van der Waals surface area contributed by atoms with E-state index in [1.165, 1.54) is 0 Å². The molecule has 0 aliphatic carbocycles. The summed E-state index contributed by atoms with van der Waals surface area (Å²) in [5.74, 6) is 2.75. The molecule has 1 unspecified atom stereocenters. The molecule has 0 amide bonds. The van der Waals surface area contributed by atoms with Crippen LogP contribution in [0.25, 0.3) is 0 Å². The third kappa shape index (κ3) is 5.10. The Bertz CT molecular complexity index is 72.1. The van der Waals surface area contributed by atoms with Crippen LogP contribution in [0.5, 0.6) is 0 Å². The van der Waals surface area contributed by atoms with Crippen molar-refractivity contribution in [1.29, 1.82) is 0 Å². The van der Waals surface area contributed by atoms with Crippen LogP contribution in [-0.4, -0.2) is 27.8 Å². The highest BCUT2D eigenvalue weighted by molar-refractivity contribution is 8.02. The average molecular weight is 214 g/mol.